The molecule has 3 aromatic carbocycles. The minimum atomic E-state index is -0.583. The Balaban J connectivity index is 1.49. The first-order valence-electron chi connectivity index (χ1n) is 10.4. The highest BCUT2D eigenvalue weighted by Crippen LogP contribution is 2.35. The van der Waals surface area contributed by atoms with Gasteiger partial charge in [0.1, 0.15) is 17.2 Å². The number of carbonyl (C=O) groups is 2. The molecule has 7 nitrogen and oxygen atoms in total. The van der Waals surface area contributed by atoms with E-state index < -0.39 is 5.97 Å². The first-order chi connectivity index (χ1) is 16.5. The van der Waals surface area contributed by atoms with Crippen LogP contribution in [0.3, 0.4) is 0 Å². The Morgan fingerprint density at radius 1 is 0.853 bits per heavy atom. The van der Waals surface area contributed by atoms with Gasteiger partial charge < -0.3 is 23.7 Å². The van der Waals surface area contributed by atoms with E-state index in [1.54, 1.807) is 43.5 Å². The lowest BCUT2D eigenvalue weighted by Crippen LogP contribution is -2.09. The van der Waals surface area contributed by atoms with Crippen molar-refractivity contribution in [2.75, 3.05) is 21.3 Å². The molecule has 1 heterocycles. The number of hydrogen-bond donors (Lipinski definition) is 0. The second-order valence-corrected chi connectivity index (χ2v) is 7.18. The second-order valence-electron chi connectivity index (χ2n) is 7.18. The number of ketones is 1. The summed E-state index contributed by atoms with van der Waals surface area (Å²) < 4.78 is 26.9. The zero-order valence-corrected chi connectivity index (χ0v) is 18.9. The van der Waals surface area contributed by atoms with Crippen LogP contribution < -0.4 is 23.7 Å². The molecule has 34 heavy (non-hydrogen) atoms. The molecule has 3 aromatic rings. The zero-order chi connectivity index (χ0) is 24.1. The molecular weight excluding hydrogens is 436 g/mol. The first-order valence-corrected chi connectivity index (χ1v) is 10.4. The van der Waals surface area contributed by atoms with Gasteiger partial charge in [-0.25, -0.2) is 4.79 Å². The maximum atomic E-state index is 12.7. The van der Waals surface area contributed by atoms with Crippen molar-refractivity contribution in [2.24, 2.45) is 0 Å². The van der Waals surface area contributed by atoms with Crippen molar-refractivity contribution in [1.82, 2.24) is 0 Å². The molecule has 7 heteroatoms. The van der Waals surface area contributed by atoms with Gasteiger partial charge in [0.25, 0.3) is 0 Å². The Morgan fingerprint density at radius 2 is 1.62 bits per heavy atom. The number of rotatable bonds is 7. The number of fused-ring (bicyclic) bond motifs is 1. The minimum Gasteiger partial charge on any atom is -0.496 e. The second kappa shape index (κ2) is 9.95. The monoisotopic (exact) mass is 458 g/mol. The van der Waals surface area contributed by atoms with E-state index in [4.69, 9.17) is 23.7 Å². The highest BCUT2D eigenvalue weighted by Gasteiger charge is 2.27. The third-order valence-electron chi connectivity index (χ3n) is 5.13. The Hall–Kier alpha value is -4.52. The van der Waals surface area contributed by atoms with E-state index >= 15 is 0 Å². The number of para-hydroxylation sites is 1. The number of allylic oxidation sites excluding steroid dienone is 3. The van der Waals surface area contributed by atoms with Crippen LogP contribution in [-0.2, 0) is 0 Å². The van der Waals surface area contributed by atoms with Crippen LogP contribution in [0.2, 0.25) is 0 Å². The van der Waals surface area contributed by atoms with E-state index in [9.17, 15) is 9.59 Å². The van der Waals surface area contributed by atoms with Crippen LogP contribution in [-0.4, -0.2) is 33.1 Å². The standard InChI is InChI=1S/C27H22O7/c1-30-21-9-5-4-7-17(21)8-6-10-23-26(28)20-13-12-19(16-24(20)34-23)33-27(29)18-11-14-22(31-2)25(15-18)32-3/h4-16H,1-3H3. The first kappa shape index (κ1) is 22.7. The molecule has 0 spiro atoms. The maximum Gasteiger partial charge on any atom is 0.343 e. The molecule has 1 aliphatic heterocycles. The summed E-state index contributed by atoms with van der Waals surface area (Å²) >= 11 is 0. The largest absolute Gasteiger partial charge is 0.496 e. The van der Waals surface area contributed by atoms with Crippen molar-refractivity contribution in [3.8, 4) is 28.7 Å². The number of methoxy groups -OCH3 is 3. The Morgan fingerprint density at radius 3 is 2.38 bits per heavy atom. The lowest BCUT2D eigenvalue weighted by molar-refractivity contribution is 0.0734. The van der Waals surface area contributed by atoms with Gasteiger partial charge in [-0.05, 0) is 42.5 Å². The Kier molecular flexibility index (Phi) is 6.64. The van der Waals surface area contributed by atoms with Crippen LogP contribution in [0.1, 0.15) is 26.3 Å². The van der Waals surface area contributed by atoms with E-state index in [2.05, 4.69) is 0 Å². The van der Waals surface area contributed by atoms with Gasteiger partial charge in [-0.1, -0.05) is 30.4 Å². The van der Waals surface area contributed by atoms with Crippen LogP contribution in [0.15, 0.2) is 78.6 Å². The molecule has 0 saturated carbocycles. The zero-order valence-electron chi connectivity index (χ0n) is 18.9. The number of esters is 1. The van der Waals surface area contributed by atoms with E-state index in [-0.39, 0.29) is 22.9 Å². The van der Waals surface area contributed by atoms with E-state index in [1.165, 1.54) is 26.4 Å². The summed E-state index contributed by atoms with van der Waals surface area (Å²) in [6, 6.07) is 16.9. The van der Waals surface area contributed by atoms with Crippen molar-refractivity contribution in [2.45, 2.75) is 0 Å². The summed E-state index contributed by atoms with van der Waals surface area (Å²) in [7, 11) is 4.60. The van der Waals surface area contributed by atoms with Crippen molar-refractivity contribution >= 4 is 17.8 Å². The summed E-state index contributed by atoms with van der Waals surface area (Å²) in [5.74, 6) is 1.54. The lowest BCUT2D eigenvalue weighted by atomic mass is 10.1. The fourth-order valence-corrected chi connectivity index (χ4v) is 3.42. The van der Waals surface area contributed by atoms with E-state index in [1.807, 2.05) is 30.3 Å². The predicted molar refractivity (Wildman–Crippen MR) is 126 cm³/mol. The minimum absolute atomic E-state index is 0.171. The number of Topliss-reactive ketones (excluding diaryl/α,β-unsaturated/α-hetero) is 1. The molecule has 0 fully saturated rings. The van der Waals surface area contributed by atoms with Crippen molar-refractivity contribution in [1.29, 1.82) is 0 Å². The van der Waals surface area contributed by atoms with Gasteiger partial charge in [-0.2, -0.15) is 0 Å². The molecule has 0 atom stereocenters. The van der Waals surface area contributed by atoms with E-state index in [0.717, 1.165) is 11.3 Å². The van der Waals surface area contributed by atoms with Gasteiger partial charge in [0.2, 0.25) is 5.78 Å². The molecule has 0 radical (unpaired) electrons. The molecule has 1 aliphatic rings. The maximum absolute atomic E-state index is 12.7. The summed E-state index contributed by atoms with van der Waals surface area (Å²) in [5, 5.41) is 0. The molecular formula is C27H22O7. The molecule has 0 bridgehead atoms. The van der Waals surface area contributed by atoms with E-state index in [0.29, 0.717) is 22.8 Å². The summed E-state index contributed by atoms with van der Waals surface area (Å²) in [4.78, 5) is 25.2. The van der Waals surface area contributed by atoms with Crippen molar-refractivity contribution in [3.05, 3.63) is 95.3 Å². The average Bonchev–Trinajstić information content (AvgIpc) is 3.18. The number of hydrogen-bond acceptors (Lipinski definition) is 7. The van der Waals surface area contributed by atoms with Crippen LogP contribution in [0.4, 0.5) is 0 Å². The molecule has 0 amide bonds. The Bertz CT molecular complexity index is 1300. The Labute approximate surface area is 196 Å². The topological polar surface area (TPSA) is 80.3 Å². The highest BCUT2D eigenvalue weighted by molar-refractivity contribution is 6.12. The number of benzene rings is 3. The van der Waals surface area contributed by atoms with Crippen LogP contribution >= 0.6 is 0 Å². The van der Waals surface area contributed by atoms with Crippen molar-refractivity contribution < 1.29 is 33.3 Å². The van der Waals surface area contributed by atoms with Crippen molar-refractivity contribution in [3.63, 3.8) is 0 Å². The average molecular weight is 458 g/mol. The third kappa shape index (κ3) is 4.63. The fraction of sp³-hybridized carbons (Fsp3) is 0.111. The van der Waals surface area contributed by atoms with Gasteiger partial charge in [0.15, 0.2) is 17.3 Å². The molecule has 0 N–H and O–H groups in total. The molecule has 0 aromatic heterocycles. The SMILES string of the molecule is COc1ccccc1C=CC=C1Oc2cc(OC(=O)c3ccc(OC)c(OC)c3)ccc2C1=O. The van der Waals surface area contributed by atoms with Crippen LogP contribution in [0.5, 0.6) is 28.7 Å². The highest BCUT2D eigenvalue weighted by atomic mass is 16.5. The van der Waals surface area contributed by atoms with Gasteiger partial charge in [0, 0.05) is 11.6 Å². The predicted octanol–water partition coefficient (Wildman–Crippen LogP) is 5.10. The number of ether oxygens (including phenoxy) is 5. The summed E-state index contributed by atoms with van der Waals surface area (Å²) in [6.07, 6.45) is 5.13. The van der Waals surface area contributed by atoms with Gasteiger partial charge in [-0.15, -0.1) is 0 Å². The quantitative estimate of drug-likeness (QED) is 0.277. The molecule has 172 valence electrons. The van der Waals surface area contributed by atoms with Crippen LogP contribution in [0.25, 0.3) is 6.08 Å². The smallest absolute Gasteiger partial charge is 0.343 e. The van der Waals surface area contributed by atoms with Gasteiger partial charge >= 0.3 is 5.97 Å². The molecule has 0 unspecified atom stereocenters. The van der Waals surface area contributed by atoms with Gasteiger partial charge in [0.05, 0.1) is 32.5 Å². The summed E-state index contributed by atoms with van der Waals surface area (Å²) in [5.41, 5.74) is 1.55. The van der Waals surface area contributed by atoms with Crippen LogP contribution in [0, 0.1) is 0 Å². The molecule has 0 aliphatic carbocycles. The molecule has 0 saturated heterocycles. The number of carbonyl (C=O) groups excluding carboxylic acids is 2. The third-order valence-corrected chi connectivity index (χ3v) is 5.13. The summed E-state index contributed by atoms with van der Waals surface area (Å²) in [6.45, 7) is 0. The lowest BCUT2D eigenvalue weighted by Gasteiger charge is -2.09. The van der Waals surface area contributed by atoms with Gasteiger partial charge in [-0.3, -0.25) is 4.79 Å². The molecule has 4 rings (SSSR count). The normalized spacial score (nSPS) is 13.5. The fourth-order valence-electron chi connectivity index (χ4n) is 3.42.